The Balaban J connectivity index is 1.51. The third-order valence-electron chi connectivity index (χ3n) is 6.75. The van der Waals surface area contributed by atoms with Crippen molar-refractivity contribution in [1.82, 2.24) is 10.2 Å². The number of halogens is 3. The summed E-state index contributed by atoms with van der Waals surface area (Å²) in [4.78, 5) is 29.7. The third kappa shape index (κ3) is 6.98. The number of hydrogen-bond acceptors (Lipinski definition) is 5. The number of nitrogens with zero attached hydrogens (tertiary/aromatic N) is 2. The molecular formula is C28H34F3N3O4. The number of morpholine rings is 1. The number of carbonyl (C=O) groups excluding carboxylic acids is 2. The molecule has 0 aromatic heterocycles. The van der Waals surface area contributed by atoms with Crippen LogP contribution in [0.3, 0.4) is 0 Å². The predicted octanol–water partition coefficient (Wildman–Crippen LogP) is 5.07. The van der Waals surface area contributed by atoms with E-state index in [-0.39, 0.29) is 18.5 Å². The number of rotatable bonds is 4. The fourth-order valence-electron chi connectivity index (χ4n) is 4.77. The van der Waals surface area contributed by atoms with Crippen LogP contribution in [0, 0.1) is 0 Å². The zero-order chi connectivity index (χ0) is 27.5. The molecular weight excluding hydrogens is 499 g/mol. The largest absolute Gasteiger partial charge is 0.444 e. The summed E-state index contributed by atoms with van der Waals surface area (Å²) in [5.41, 5.74) is 0.682. The Labute approximate surface area is 220 Å². The lowest BCUT2D eigenvalue weighted by Crippen LogP contribution is -2.52. The van der Waals surface area contributed by atoms with Gasteiger partial charge in [-0.05, 0) is 69.2 Å². The number of likely N-dealkylation sites (tertiary alicyclic amines) is 1. The minimum absolute atomic E-state index is 0.210. The van der Waals surface area contributed by atoms with E-state index >= 15 is 0 Å². The highest BCUT2D eigenvalue weighted by Crippen LogP contribution is 2.33. The molecule has 2 saturated heterocycles. The van der Waals surface area contributed by atoms with E-state index in [1.54, 1.807) is 37.8 Å². The highest BCUT2D eigenvalue weighted by molar-refractivity contribution is 5.94. The number of piperidine rings is 1. The Morgan fingerprint density at radius 2 is 1.58 bits per heavy atom. The molecule has 2 aromatic carbocycles. The molecule has 0 spiro atoms. The average molecular weight is 534 g/mol. The van der Waals surface area contributed by atoms with Crippen LogP contribution in [-0.4, -0.2) is 67.9 Å². The van der Waals surface area contributed by atoms with E-state index in [1.165, 1.54) is 12.1 Å². The Kier molecular flexibility index (Phi) is 8.20. The standard InChI is InChI=1S/C28H34F3N3O4/c1-27(2,3)38-26(36)34-13-12-24(23(18-34)19-4-8-21(9-5-19)28(29,30)31)32-25(35)20-6-10-22(11-7-20)33-14-16-37-17-15-33/h4-11,23-24H,12-18H2,1-3H3,(H,32,35)/t23-,24?/m0/s1. The molecule has 0 bridgehead atoms. The fourth-order valence-corrected chi connectivity index (χ4v) is 4.77. The number of ether oxygens (including phenoxy) is 2. The van der Waals surface area contributed by atoms with Gasteiger partial charge in [-0.3, -0.25) is 4.79 Å². The van der Waals surface area contributed by atoms with Crippen LogP contribution in [0.15, 0.2) is 48.5 Å². The molecule has 0 aliphatic carbocycles. The quantitative estimate of drug-likeness (QED) is 0.595. The molecule has 1 unspecified atom stereocenters. The van der Waals surface area contributed by atoms with Gasteiger partial charge in [0, 0.05) is 49.4 Å². The van der Waals surface area contributed by atoms with Gasteiger partial charge in [0.1, 0.15) is 5.60 Å². The molecule has 206 valence electrons. The summed E-state index contributed by atoms with van der Waals surface area (Å²) in [6.07, 6.45) is -4.50. The molecule has 0 saturated carbocycles. The molecule has 2 aliphatic rings. The van der Waals surface area contributed by atoms with Crippen molar-refractivity contribution >= 4 is 17.7 Å². The number of benzene rings is 2. The Morgan fingerprint density at radius 1 is 0.947 bits per heavy atom. The van der Waals surface area contributed by atoms with E-state index in [0.29, 0.717) is 37.3 Å². The maximum Gasteiger partial charge on any atom is 0.416 e. The molecule has 7 nitrogen and oxygen atoms in total. The molecule has 38 heavy (non-hydrogen) atoms. The maximum absolute atomic E-state index is 13.2. The van der Waals surface area contributed by atoms with Crippen LogP contribution >= 0.6 is 0 Å². The van der Waals surface area contributed by atoms with Crippen molar-refractivity contribution in [2.45, 2.75) is 50.9 Å². The normalized spacial score (nSPS) is 20.7. The second kappa shape index (κ2) is 11.2. The van der Waals surface area contributed by atoms with Crippen LogP contribution in [0.2, 0.25) is 0 Å². The van der Waals surface area contributed by atoms with Crippen molar-refractivity contribution in [2.24, 2.45) is 0 Å². The number of carbonyl (C=O) groups is 2. The molecule has 2 atom stereocenters. The second-order valence-electron chi connectivity index (χ2n) is 10.7. The summed E-state index contributed by atoms with van der Waals surface area (Å²) in [6, 6.07) is 11.9. The molecule has 2 aromatic rings. The highest BCUT2D eigenvalue weighted by atomic mass is 19.4. The van der Waals surface area contributed by atoms with Gasteiger partial charge < -0.3 is 24.6 Å². The summed E-state index contributed by atoms with van der Waals surface area (Å²) < 4.78 is 50.3. The zero-order valence-corrected chi connectivity index (χ0v) is 21.9. The maximum atomic E-state index is 13.2. The number of nitrogens with one attached hydrogen (secondary N) is 1. The van der Waals surface area contributed by atoms with Gasteiger partial charge in [-0.2, -0.15) is 13.2 Å². The first-order chi connectivity index (χ1) is 17.9. The minimum Gasteiger partial charge on any atom is -0.444 e. The highest BCUT2D eigenvalue weighted by Gasteiger charge is 2.36. The Bertz CT molecular complexity index is 1110. The molecule has 1 N–H and O–H groups in total. The molecule has 4 rings (SSSR count). The lowest BCUT2D eigenvalue weighted by atomic mass is 9.85. The van der Waals surface area contributed by atoms with Crippen molar-refractivity contribution < 1.29 is 32.2 Å². The van der Waals surface area contributed by atoms with E-state index in [2.05, 4.69) is 10.2 Å². The first-order valence-corrected chi connectivity index (χ1v) is 12.8. The monoisotopic (exact) mass is 533 g/mol. The van der Waals surface area contributed by atoms with Crippen molar-refractivity contribution in [2.75, 3.05) is 44.3 Å². The number of amides is 2. The summed E-state index contributed by atoms with van der Waals surface area (Å²) in [5, 5.41) is 3.06. The van der Waals surface area contributed by atoms with Crippen LogP contribution in [0.1, 0.15) is 54.6 Å². The Morgan fingerprint density at radius 3 is 2.16 bits per heavy atom. The topological polar surface area (TPSA) is 71.1 Å². The van der Waals surface area contributed by atoms with Crippen LogP contribution in [0.4, 0.5) is 23.7 Å². The second-order valence-corrected chi connectivity index (χ2v) is 10.7. The summed E-state index contributed by atoms with van der Waals surface area (Å²) >= 11 is 0. The Hall–Kier alpha value is -3.27. The smallest absolute Gasteiger partial charge is 0.416 e. The van der Waals surface area contributed by atoms with Crippen LogP contribution in [0.5, 0.6) is 0 Å². The van der Waals surface area contributed by atoms with Gasteiger partial charge in [0.05, 0.1) is 18.8 Å². The summed E-state index contributed by atoms with van der Waals surface area (Å²) in [6.45, 7) is 8.78. The van der Waals surface area contributed by atoms with E-state index in [1.807, 2.05) is 12.1 Å². The molecule has 2 heterocycles. The SMILES string of the molecule is CC(C)(C)OC(=O)N1CCC(NC(=O)c2ccc(N3CCOCC3)cc2)[C@H](c2ccc(C(F)(F)F)cc2)C1. The van der Waals surface area contributed by atoms with Gasteiger partial charge in [0.25, 0.3) is 5.91 Å². The number of anilines is 1. The van der Waals surface area contributed by atoms with E-state index in [9.17, 15) is 22.8 Å². The third-order valence-corrected chi connectivity index (χ3v) is 6.75. The average Bonchev–Trinajstić information content (AvgIpc) is 2.88. The minimum atomic E-state index is -4.45. The van der Waals surface area contributed by atoms with E-state index < -0.39 is 29.4 Å². The first kappa shape index (κ1) is 27.8. The van der Waals surface area contributed by atoms with Gasteiger partial charge in [0.2, 0.25) is 0 Å². The van der Waals surface area contributed by atoms with Crippen molar-refractivity contribution in [3.63, 3.8) is 0 Å². The van der Waals surface area contributed by atoms with Gasteiger partial charge in [-0.25, -0.2) is 4.79 Å². The van der Waals surface area contributed by atoms with Gasteiger partial charge in [0.15, 0.2) is 0 Å². The predicted molar refractivity (Wildman–Crippen MR) is 137 cm³/mol. The fraction of sp³-hybridized carbons (Fsp3) is 0.500. The zero-order valence-electron chi connectivity index (χ0n) is 21.9. The van der Waals surface area contributed by atoms with Crippen LogP contribution in [-0.2, 0) is 15.7 Å². The van der Waals surface area contributed by atoms with Crippen molar-refractivity contribution in [3.8, 4) is 0 Å². The molecule has 2 amide bonds. The molecule has 2 aliphatic heterocycles. The van der Waals surface area contributed by atoms with E-state index in [0.717, 1.165) is 30.9 Å². The lowest BCUT2D eigenvalue weighted by molar-refractivity contribution is -0.137. The van der Waals surface area contributed by atoms with Crippen molar-refractivity contribution in [1.29, 1.82) is 0 Å². The lowest BCUT2D eigenvalue weighted by Gasteiger charge is -2.39. The van der Waals surface area contributed by atoms with E-state index in [4.69, 9.17) is 9.47 Å². The van der Waals surface area contributed by atoms with Crippen molar-refractivity contribution in [3.05, 3.63) is 65.2 Å². The molecule has 2 fully saturated rings. The molecule has 10 heteroatoms. The molecule has 0 radical (unpaired) electrons. The van der Waals surface area contributed by atoms with Gasteiger partial charge >= 0.3 is 12.3 Å². The van der Waals surface area contributed by atoms with Crippen LogP contribution < -0.4 is 10.2 Å². The number of alkyl halides is 3. The first-order valence-electron chi connectivity index (χ1n) is 12.8. The number of hydrogen-bond donors (Lipinski definition) is 1. The summed E-state index contributed by atoms with van der Waals surface area (Å²) in [7, 11) is 0. The van der Waals surface area contributed by atoms with Gasteiger partial charge in [-0.1, -0.05) is 12.1 Å². The van der Waals surface area contributed by atoms with Gasteiger partial charge in [-0.15, -0.1) is 0 Å². The summed E-state index contributed by atoms with van der Waals surface area (Å²) in [5.74, 6) is -0.679. The van der Waals surface area contributed by atoms with Crippen LogP contribution in [0.25, 0.3) is 0 Å².